The fourth-order valence-corrected chi connectivity index (χ4v) is 7.31. The van der Waals surface area contributed by atoms with Crippen molar-refractivity contribution in [1.29, 1.82) is 0 Å². The third kappa shape index (κ3) is 4.56. The second-order valence-electron chi connectivity index (χ2n) is 11.0. The molecule has 3 amide bonds. The number of aromatic nitrogens is 1. The van der Waals surface area contributed by atoms with Crippen molar-refractivity contribution in [2.24, 2.45) is 5.41 Å². The Labute approximate surface area is 215 Å². The predicted molar refractivity (Wildman–Crippen MR) is 139 cm³/mol. The van der Waals surface area contributed by atoms with E-state index in [2.05, 4.69) is 20.5 Å². The number of likely N-dealkylation sites (tertiary alicyclic amines) is 2. The Hall–Kier alpha value is -2.72. The maximum atomic E-state index is 13.7. The van der Waals surface area contributed by atoms with Gasteiger partial charge in [0, 0.05) is 50.2 Å². The van der Waals surface area contributed by atoms with Crippen molar-refractivity contribution in [2.45, 2.75) is 64.5 Å². The molecule has 0 saturated carbocycles. The van der Waals surface area contributed by atoms with Crippen molar-refractivity contribution >= 4 is 44.5 Å². The van der Waals surface area contributed by atoms with Gasteiger partial charge in [-0.1, -0.05) is 11.3 Å². The van der Waals surface area contributed by atoms with Crippen LogP contribution in [0.5, 0.6) is 0 Å². The topological polar surface area (TPSA) is 104 Å². The molecule has 3 fully saturated rings. The molecular formula is C26H35N5O4S. The number of urea groups is 1. The van der Waals surface area contributed by atoms with Gasteiger partial charge in [0.1, 0.15) is 15.4 Å². The molecule has 5 rings (SSSR count). The number of amides is 3. The number of esters is 1. The average Bonchev–Trinajstić information content (AvgIpc) is 3.30. The molecule has 10 heteroatoms. The molecule has 9 nitrogen and oxygen atoms in total. The molecule has 0 aliphatic carbocycles. The average molecular weight is 514 g/mol. The van der Waals surface area contributed by atoms with Crippen molar-refractivity contribution in [3.63, 3.8) is 0 Å². The number of aryl methyl sites for hydroxylation is 1. The van der Waals surface area contributed by atoms with Crippen molar-refractivity contribution in [2.75, 3.05) is 38.5 Å². The van der Waals surface area contributed by atoms with Gasteiger partial charge in [0.2, 0.25) is 0 Å². The van der Waals surface area contributed by atoms with Crippen LogP contribution >= 0.6 is 11.3 Å². The number of fused-ring (bicyclic) bond motifs is 1. The van der Waals surface area contributed by atoms with Gasteiger partial charge in [-0.2, -0.15) is 0 Å². The van der Waals surface area contributed by atoms with E-state index in [1.807, 2.05) is 37.8 Å². The number of anilines is 1. The van der Waals surface area contributed by atoms with Crippen molar-refractivity contribution in [3.05, 3.63) is 23.4 Å². The van der Waals surface area contributed by atoms with E-state index in [-0.39, 0.29) is 17.9 Å². The summed E-state index contributed by atoms with van der Waals surface area (Å²) in [4.78, 5) is 48.2. The lowest BCUT2D eigenvalue weighted by Gasteiger charge is -2.44. The van der Waals surface area contributed by atoms with Crippen molar-refractivity contribution in [3.8, 4) is 0 Å². The van der Waals surface area contributed by atoms with Gasteiger partial charge in [0.15, 0.2) is 0 Å². The smallest absolute Gasteiger partial charge is 0.319 e. The number of ether oxygens (including phenoxy) is 1. The summed E-state index contributed by atoms with van der Waals surface area (Å²) >= 11 is 1.33. The quantitative estimate of drug-likeness (QED) is 0.606. The molecule has 0 bridgehead atoms. The van der Waals surface area contributed by atoms with Crippen LogP contribution < -0.4 is 10.6 Å². The number of carbonyl (C=O) groups is 3. The first-order chi connectivity index (χ1) is 17.1. The SMILES string of the molecule is CNC(=O)Nc1sc2nc(C)ccc2c1C(=O)N1CCC(N2CCCC3(C2)CC(C)(C)OC3=O)CC1. The van der Waals surface area contributed by atoms with E-state index in [4.69, 9.17) is 4.74 Å². The van der Waals surface area contributed by atoms with Crippen LogP contribution in [0.2, 0.25) is 0 Å². The first-order valence-electron chi connectivity index (χ1n) is 12.8. The fourth-order valence-electron chi connectivity index (χ4n) is 6.20. The number of rotatable bonds is 3. The standard InChI is InChI=1S/C26H35N5O4S/c1-16-6-7-18-19(21(29-24(34)27-4)36-20(18)28-16)22(32)30-12-8-17(9-13-30)31-11-5-10-26(15-31)14-25(2,3)35-23(26)33/h6-7,17H,5,8-15H2,1-4H3,(H2,27,29,34). The normalized spacial score (nSPS) is 24.8. The van der Waals surface area contributed by atoms with Gasteiger partial charge < -0.3 is 15.0 Å². The third-order valence-electron chi connectivity index (χ3n) is 7.80. The zero-order chi connectivity index (χ0) is 25.7. The Kier molecular flexibility index (Phi) is 6.45. The molecule has 36 heavy (non-hydrogen) atoms. The molecule has 0 aromatic carbocycles. The Morgan fingerprint density at radius 1 is 1.19 bits per heavy atom. The molecule has 194 valence electrons. The van der Waals surface area contributed by atoms with Crippen LogP contribution in [0.3, 0.4) is 0 Å². The first-order valence-corrected chi connectivity index (χ1v) is 13.6. The number of piperidine rings is 2. The van der Waals surface area contributed by atoms with Gasteiger partial charge in [0.05, 0.1) is 11.0 Å². The molecular weight excluding hydrogens is 478 g/mol. The number of nitrogens with zero attached hydrogens (tertiary/aromatic N) is 3. The number of hydrogen-bond donors (Lipinski definition) is 2. The highest BCUT2D eigenvalue weighted by Crippen LogP contribution is 2.47. The zero-order valence-electron chi connectivity index (χ0n) is 21.5. The van der Waals surface area contributed by atoms with Gasteiger partial charge in [-0.25, -0.2) is 9.78 Å². The maximum Gasteiger partial charge on any atom is 0.319 e. The molecule has 1 atom stereocenters. The lowest BCUT2D eigenvalue weighted by Crippen LogP contribution is -2.53. The lowest BCUT2D eigenvalue weighted by atomic mass is 9.74. The number of hydrogen-bond acceptors (Lipinski definition) is 7. The van der Waals surface area contributed by atoms with E-state index in [0.717, 1.165) is 61.1 Å². The van der Waals surface area contributed by atoms with Crippen LogP contribution in [0.15, 0.2) is 12.1 Å². The molecule has 1 unspecified atom stereocenters. The van der Waals surface area contributed by atoms with Gasteiger partial charge >= 0.3 is 12.0 Å². The number of cyclic esters (lactones) is 1. The minimum atomic E-state index is -0.396. The van der Waals surface area contributed by atoms with Gasteiger partial charge in [-0.3, -0.25) is 19.8 Å². The highest BCUT2D eigenvalue weighted by molar-refractivity contribution is 7.23. The minimum absolute atomic E-state index is 0.0471. The van der Waals surface area contributed by atoms with Crippen molar-refractivity contribution in [1.82, 2.24) is 20.1 Å². The van der Waals surface area contributed by atoms with E-state index in [1.54, 1.807) is 7.05 Å². The summed E-state index contributed by atoms with van der Waals surface area (Å²) in [7, 11) is 1.55. The summed E-state index contributed by atoms with van der Waals surface area (Å²) in [6, 6.07) is 3.79. The highest BCUT2D eigenvalue weighted by atomic mass is 32.1. The Bertz CT molecular complexity index is 1200. The lowest BCUT2D eigenvalue weighted by molar-refractivity contribution is -0.154. The summed E-state index contributed by atoms with van der Waals surface area (Å²) in [6.07, 6.45) is 4.37. The zero-order valence-corrected chi connectivity index (χ0v) is 22.3. The Balaban J connectivity index is 1.30. The second kappa shape index (κ2) is 9.30. The minimum Gasteiger partial charge on any atom is -0.459 e. The maximum absolute atomic E-state index is 13.7. The number of carbonyl (C=O) groups excluding carboxylic acids is 3. The van der Waals surface area contributed by atoms with Crippen LogP contribution in [0, 0.1) is 12.3 Å². The van der Waals surface area contributed by atoms with Gasteiger partial charge in [-0.15, -0.1) is 0 Å². The van der Waals surface area contributed by atoms with E-state index in [0.29, 0.717) is 29.7 Å². The fraction of sp³-hybridized carbons (Fsp3) is 0.615. The van der Waals surface area contributed by atoms with E-state index in [1.165, 1.54) is 11.3 Å². The second-order valence-corrected chi connectivity index (χ2v) is 12.0. The van der Waals surface area contributed by atoms with Crippen LogP contribution in [-0.2, 0) is 9.53 Å². The molecule has 3 saturated heterocycles. The molecule has 1 spiro atoms. The molecule has 3 aliphatic heterocycles. The molecule has 2 aromatic heterocycles. The van der Waals surface area contributed by atoms with Crippen LogP contribution in [0.4, 0.5) is 9.80 Å². The van der Waals surface area contributed by atoms with Crippen molar-refractivity contribution < 1.29 is 19.1 Å². The van der Waals surface area contributed by atoms with Crippen LogP contribution in [0.25, 0.3) is 10.2 Å². The third-order valence-corrected chi connectivity index (χ3v) is 8.82. The molecule has 2 N–H and O–H groups in total. The summed E-state index contributed by atoms with van der Waals surface area (Å²) in [6.45, 7) is 8.91. The van der Waals surface area contributed by atoms with Gasteiger partial charge in [0.25, 0.3) is 5.91 Å². The summed E-state index contributed by atoms with van der Waals surface area (Å²) in [5.41, 5.74) is 0.587. The van der Waals surface area contributed by atoms with E-state index in [9.17, 15) is 14.4 Å². The van der Waals surface area contributed by atoms with Gasteiger partial charge in [-0.05, 0) is 65.1 Å². The Morgan fingerprint density at radius 2 is 1.94 bits per heavy atom. The Morgan fingerprint density at radius 3 is 2.61 bits per heavy atom. The van der Waals surface area contributed by atoms with E-state index >= 15 is 0 Å². The molecule has 0 radical (unpaired) electrons. The molecule has 5 heterocycles. The van der Waals surface area contributed by atoms with Crippen LogP contribution in [-0.4, -0.2) is 77.6 Å². The summed E-state index contributed by atoms with van der Waals surface area (Å²) in [5, 5.41) is 6.67. The number of thiophene rings is 1. The largest absolute Gasteiger partial charge is 0.459 e. The highest BCUT2D eigenvalue weighted by Gasteiger charge is 2.54. The van der Waals surface area contributed by atoms with Crippen LogP contribution in [0.1, 0.15) is 62.0 Å². The summed E-state index contributed by atoms with van der Waals surface area (Å²) < 4.78 is 5.70. The molecule has 3 aliphatic rings. The predicted octanol–water partition coefficient (Wildman–Crippen LogP) is 3.77. The van der Waals surface area contributed by atoms with E-state index < -0.39 is 11.0 Å². The summed E-state index contributed by atoms with van der Waals surface area (Å²) in [5.74, 6) is -0.123. The number of nitrogens with one attached hydrogen (secondary N) is 2. The monoisotopic (exact) mass is 513 g/mol. The first kappa shape index (κ1) is 25.0. The molecule has 2 aromatic rings. The number of pyridine rings is 1.